The van der Waals surface area contributed by atoms with Crippen LogP contribution >= 0.6 is 24.0 Å². The molecule has 0 atom stereocenters. The van der Waals surface area contributed by atoms with Crippen molar-refractivity contribution in [2.75, 3.05) is 46.4 Å². The van der Waals surface area contributed by atoms with Gasteiger partial charge in [-0.3, -0.25) is 9.89 Å². The average Bonchev–Trinajstić information content (AvgIpc) is 2.58. The van der Waals surface area contributed by atoms with Crippen LogP contribution in [0.4, 0.5) is 0 Å². The van der Waals surface area contributed by atoms with E-state index in [1.165, 1.54) is 17.5 Å². The van der Waals surface area contributed by atoms with Crippen LogP contribution in [0.3, 0.4) is 0 Å². The Hall–Kier alpha value is -0.860. The van der Waals surface area contributed by atoms with Crippen molar-refractivity contribution in [1.82, 2.24) is 15.5 Å². The van der Waals surface area contributed by atoms with Crippen LogP contribution in [-0.4, -0.2) is 57.3 Å². The van der Waals surface area contributed by atoms with Crippen LogP contribution in [0.1, 0.15) is 24.5 Å². The van der Waals surface area contributed by atoms with Gasteiger partial charge in [-0.1, -0.05) is 24.3 Å². The van der Waals surface area contributed by atoms with Gasteiger partial charge in [-0.15, -0.1) is 24.0 Å². The molecule has 5 nitrogen and oxygen atoms in total. The minimum atomic E-state index is 0. The molecule has 1 aliphatic rings. The number of hydrogen-bond donors (Lipinski definition) is 2. The maximum Gasteiger partial charge on any atom is 0.191 e. The summed E-state index contributed by atoms with van der Waals surface area (Å²) in [6.45, 7) is 8.62. The number of fused-ring (bicyclic) bond motifs is 1. The molecule has 0 unspecified atom stereocenters. The van der Waals surface area contributed by atoms with Crippen molar-refractivity contribution in [1.29, 1.82) is 0 Å². The molecule has 136 valence electrons. The molecule has 1 aromatic rings. The Morgan fingerprint density at radius 1 is 1.25 bits per heavy atom. The Labute approximate surface area is 163 Å². The number of hydrogen-bond acceptors (Lipinski definition) is 3. The molecule has 0 spiro atoms. The van der Waals surface area contributed by atoms with Gasteiger partial charge in [-0.2, -0.15) is 0 Å². The van der Waals surface area contributed by atoms with E-state index in [0.29, 0.717) is 6.61 Å². The monoisotopic (exact) mass is 446 g/mol. The van der Waals surface area contributed by atoms with Gasteiger partial charge < -0.3 is 15.4 Å². The van der Waals surface area contributed by atoms with Gasteiger partial charge in [-0.25, -0.2) is 0 Å². The van der Waals surface area contributed by atoms with E-state index in [2.05, 4.69) is 51.7 Å². The Bertz CT molecular complexity index is 496. The average molecular weight is 446 g/mol. The summed E-state index contributed by atoms with van der Waals surface area (Å²) in [4.78, 5) is 7.16. The van der Waals surface area contributed by atoms with Gasteiger partial charge >= 0.3 is 0 Å². The van der Waals surface area contributed by atoms with E-state index < -0.39 is 0 Å². The van der Waals surface area contributed by atoms with E-state index in [1.54, 1.807) is 7.11 Å². The summed E-state index contributed by atoms with van der Waals surface area (Å²) >= 11 is 0. The topological polar surface area (TPSA) is 48.9 Å². The zero-order valence-electron chi connectivity index (χ0n) is 14.9. The molecule has 0 radical (unpaired) electrons. The van der Waals surface area contributed by atoms with Crippen molar-refractivity contribution in [3.8, 4) is 0 Å². The second-order valence-electron chi connectivity index (χ2n) is 5.83. The Morgan fingerprint density at radius 2 is 2.04 bits per heavy atom. The van der Waals surface area contributed by atoms with Gasteiger partial charge in [0.25, 0.3) is 0 Å². The van der Waals surface area contributed by atoms with Crippen LogP contribution < -0.4 is 10.6 Å². The molecule has 0 bridgehead atoms. The van der Waals surface area contributed by atoms with Crippen molar-refractivity contribution >= 4 is 29.9 Å². The van der Waals surface area contributed by atoms with E-state index in [0.717, 1.165) is 51.6 Å². The number of rotatable bonds is 8. The summed E-state index contributed by atoms with van der Waals surface area (Å²) in [7, 11) is 1.71. The molecule has 2 N–H and O–H groups in total. The highest BCUT2D eigenvalue weighted by atomic mass is 127. The van der Waals surface area contributed by atoms with Crippen molar-refractivity contribution in [2.45, 2.75) is 26.3 Å². The summed E-state index contributed by atoms with van der Waals surface area (Å²) in [5.74, 6) is 0.883. The maximum atomic E-state index is 5.05. The third-order valence-corrected chi connectivity index (χ3v) is 4.05. The molecule has 0 fully saturated rings. The quantitative estimate of drug-likeness (QED) is 0.279. The van der Waals surface area contributed by atoms with Crippen molar-refractivity contribution in [3.05, 3.63) is 35.4 Å². The summed E-state index contributed by atoms with van der Waals surface area (Å²) in [5.41, 5.74) is 3.00. The van der Waals surface area contributed by atoms with E-state index in [4.69, 9.17) is 4.74 Å². The summed E-state index contributed by atoms with van der Waals surface area (Å²) in [5, 5.41) is 6.54. The first kappa shape index (κ1) is 21.2. The number of halogens is 1. The number of nitrogens with one attached hydrogen (secondary N) is 2. The molecule has 0 saturated carbocycles. The molecule has 0 amide bonds. The normalized spacial score (nSPS) is 14.7. The van der Waals surface area contributed by atoms with Gasteiger partial charge in [-0.05, 0) is 30.9 Å². The fourth-order valence-corrected chi connectivity index (χ4v) is 2.84. The molecule has 0 aliphatic carbocycles. The lowest BCUT2D eigenvalue weighted by molar-refractivity contribution is 0.203. The second kappa shape index (κ2) is 12.5. The van der Waals surface area contributed by atoms with Crippen molar-refractivity contribution in [3.63, 3.8) is 0 Å². The van der Waals surface area contributed by atoms with Gasteiger partial charge in [0.1, 0.15) is 0 Å². The molecule has 2 rings (SSSR count). The molecule has 0 aromatic heterocycles. The lowest BCUT2D eigenvalue weighted by Crippen LogP contribution is -2.39. The largest absolute Gasteiger partial charge is 0.383 e. The predicted octanol–water partition coefficient (Wildman–Crippen LogP) is 2.25. The van der Waals surface area contributed by atoms with Gasteiger partial charge in [0.2, 0.25) is 0 Å². The van der Waals surface area contributed by atoms with E-state index in [9.17, 15) is 0 Å². The maximum absolute atomic E-state index is 5.05. The fraction of sp³-hybridized carbons (Fsp3) is 0.611. The standard InChI is InChI=1S/C18H30N4O.HI/c1-3-19-18(21-11-14-23-2)20-10-6-12-22-13-9-16-7-4-5-8-17(16)15-22;/h4-5,7-8H,3,6,9-15H2,1-2H3,(H2,19,20,21);1H. The van der Waals surface area contributed by atoms with Crippen molar-refractivity contribution in [2.24, 2.45) is 4.99 Å². The van der Waals surface area contributed by atoms with Gasteiger partial charge in [0.05, 0.1) is 6.61 Å². The van der Waals surface area contributed by atoms with Crippen molar-refractivity contribution < 1.29 is 4.74 Å². The number of nitrogens with zero attached hydrogens (tertiary/aromatic N) is 2. The number of benzene rings is 1. The lowest BCUT2D eigenvalue weighted by Gasteiger charge is -2.28. The summed E-state index contributed by atoms with van der Waals surface area (Å²) in [6, 6.07) is 8.79. The number of methoxy groups -OCH3 is 1. The molecule has 0 saturated heterocycles. The van der Waals surface area contributed by atoms with E-state index in [-0.39, 0.29) is 24.0 Å². The number of aliphatic imine (C=N–C) groups is 1. The minimum absolute atomic E-state index is 0. The highest BCUT2D eigenvalue weighted by Crippen LogP contribution is 2.18. The van der Waals surface area contributed by atoms with Gasteiger partial charge in [0, 0.05) is 46.4 Å². The molecule has 1 heterocycles. The summed E-state index contributed by atoms with van der Waals surface area (Å²) in [6.07, 6.45) is 2.25. The highest BCUT2D eigenvalue weighted by Gasteiger charge is 2.14. The molecule has 24 heavy (non-hydrogen) atoms. The number of ether oxygens (including phenoxy) is 1. The SMILES string of the molecule is CCNC(=NCCCN1CCc2ccccc2C1)NCCOC.I. The lowest BCUT2D eigenvalue weighted by atomic mass is 10.00. The molecule has 1 aromatic carbocycles. The molecular weight excluding hydrogens is 415 g/mol. The Kier molecular flexibility index (Phi) is 11.0. The van der Waals surface area contributed by atoms with Crippen LogP contribution in [0, 0.1) is 0 Å². The van der Waals surface area contributed by atoms with Crippen LogP contribution in [0.5, 0.6) is 0 Å². The van der Waals surface area contributed by atoms with E-state index in [1.807, 2.05) is 0 Å². The van der Waals surface area contributed by atoms with Gasteiger partial charge in [0.15, 0.2) is 5.96 Å². The zero-order chi connectivity index (χ0) is 16.3. The predicted molar refractivity (Wildman–Crippen MR) is 111 cm³/mol. The third-order valence-electron chi connectivity index (χ3n) is 4.05. The van der Waals surface area contributed by atoms with E-state index >= 15 is 0 Å². The first-order valence-corrected chi connectivity index (χ1v) is 8.63. The number of guanidine groups is 1. The second-order valence-corrected chi connectivity index (χ2v) is 5.83. The highest BCUT2D eigenvalue weighted by molar-refractivity contribution is 14.0. The minimum Gasteiger partial charge on any atom is -0.383 e. The Morgan fingerprint density at radius 3 is 2.79 bits per heavy atom. The first-order chi connectivity index (χ1) is 11.3. The fourth-order valence-electron chi connectivity index (χ4n) is 2.84. The molecule has 1 aliphatic heterocycles. The first-order valence-electron chi connectivity index (χ1n) is 8.63. The van der Waals surface area contributed by atoms with Crippen LogP contribution in [-0.2, 0) is 17.7 Å². The third kappa shape index (κ3) is 7.36. The molecule has 6 heteroatoms. The molecular formula is C18H31IN4O. The Balaban J connectivity index is 0.00000288. The van der Waals surface area contributed by atoms with Crippen LogP contribution in [0.25, 0.3) is 0 Å². The van der Waals surface area contributed by atoms with Crippen LogP contribution in [0.2, 0.25) is 0 Å². The van der Waals surface area contributed by atoms with Crippen LogP contribution in [0.15, 0.2) is 29.3 Å². The smallest absolute Gasteiger partial charge is 0.191 e. The zero-order valence-corrected chi connectivity index (χ0v) is 17.2. The summed E-state index contributed by atoms with van der Waals surface area (Å²) < 4.78 is 5.05.